The summed E-state index contributed by atoms with van der Waals surface area (Å²) in [6.45, 7) is 3.05. The minimum absolute atomic E-state index is 0.00158. The van der Waals surface area contributed by atoms with Crippen LogP contribution in [0.2, 0.25) is 0 Å². The van der Waals surface area contributed by atoms with Gasteiger partial charge in [-0.1, -0.05) is 6.58 Å². The summed E-state index contributed by atoms with van der Waals surface area (Å²) in [5, 5.41) is 1.84. The molecule has 0 aliphatic carbocycles. The quantitative estimate of drug-likeness (QED) is 0.688. The lowest BCUT2D eigenvalue weighted by atomic mass is 9.89. The van der Waals surface area contributed by atoms with Crippen molar-refractivity contribution < 1.29 is 27.5 Å². The lowest BCUT2D eigenvalue weighted by molar-refractivity contribution is -0.131. The first kappa shape index (κ1) is 21.8. The van der Waals surface area contributed by atoms with Crippen LogP contribution in [0.25, 0.3) is 11.2 Å². The molecule has 2 aromatic rings. The number of ether oxygens (including phenoxy) is 1. The van der Waals surface area contributed by atoms with Crippen LogP contribution in [0.1, 0.15) is 22.5 Å². The van der Waals surface area contributed by atoms with E-state index in [1.54, 1.807) is 18.2 Å². The van der Waals surface area contributed by atoms with E-state index >= 15 is 0 Å². The molecule has 0 aromatic carbocycles. The number of alkyl halides is 3. The number of hydrogen-bond donors (Lipinski definition) is 2. The second kappa shape index (κ2) is 8.82. The molecule has 0 bridgehead atoms. The Bertz CT molecular complexity index is 943. The molecule has 0 spiro atoms. The van der Waals surface area contributed by atoms with Crippen LogP contribution in [-0.2, 0) is 16.0 Å². The number of fused-ring (bicyclic) bond motifs is 1. The number of amides is 2. The van der Waals surface area contributed by atoms with Gasteiger partial charge in [0.1, 0.15) is 12.1 Å². The Morgan fingerprint density at radius 2 is 2.23 bits per heavy atom. The normalized spacial score (nSPS) is 19.7. The van der Waals surface area contributed by atoms with Gasteiger partial charge in [-0.2, -0.15) is 13.2 Å². The Hall–Kier alpha value is -2.95. The lowest BCUT2D eigenvalue weighted by Gasteiger charge is -2.37. The number of methoxy groups -OCH3 is 1. The zero-order valence-electron chi connectivity index (χ0n) is 16.3. The number of nitrogens with one attached hydrogen (secondary N) is 2. The van der Waals surface area contributed by atoms with Gasteiger partial charge in [-0.25, -0.2) is 9.97 Å². The zero-order valence-corrected chi connectivity index (χ0v) is 16.3. The Morgan fingerprint density at radius 3 is 2.90 bits per heavy atom. The maximum absolute atomic E-state index is 12.4. The van der Waals surface area contributed by atoms with Crippen molar-refractivity contribution in [3.05, 3.63) is 36.3 Å². The summed E-state index contributed by atoms with van der Waals surface area (Å²) >= 11 is 0. The van der Waals surface area contributed by atoms with Crippen molar-refractivity contribution in [2.45, 2.75) is 25.1 Å². The minimum Gasteiger partial charge on any atom is -0.379 e. The van der Waals surface area contributed by atoms with Gasteiger partial charge >= 0.3 is 6.18 Å². The van der Waals surface area contributed by atoms with Crippen molar-refractivity contribution in [1.29, 1.82) is 0 Å². The van der Waals surface area contributed by atoms with Crippen molar-refractivity contribution in [2.24, 2.45) is 5.92 Å². The molecule has 0 saturated carbocycles. The maximum atomic E-state index is 12.4. The first-order valence-electron chi connectivity index (χ1n) is 9.34. The topological polar surface area (TPSA) is 100 Å². The molecule has 2 aromatic heterocycles. The number of carbonyl (C=O) groups excluding carboxylic acids is 2. The summed E-state index contributed by atoms with van der Waals surface area (Å²) in [5.74, 6) is -0.966. The summed E-state index contributed by atoms with van der Waals surface area (Å²) in [4.78, 5) is 37.1. The highest BCUT2D eigenvalue weighted by Crippen LogP contribution is 2.25. The third-order valence-corrected chi connectivity index (χ3v) is 5.08. The van der Waals surface area contributed by atoms with E-state index in [1.165, 1.54) is 12.3 Å². The number of hydrogen-bond acceptors (Lipinski definition) is 5. The Labute approximate surface area is 170 Å². The lowest BCUT2D eigenvalue weighted by Crippen LogP contribution is -2.47. The number of piperidine rings is 1. The second-order valence-corrected chi connectivity index (χ2v) is 7.07. The van der Waals surface area contributed by atoms with E-state index in [0.717, 1.165) is 0 Å². The van der Waals surface area contributed by atoms with Crippen molar-refractivity contribution in [3.8, 4) is 0 Å². The smallest absolute Gasteiger partial charge is 0.379 e. The van der Waals surface area contributed by atoms with Crippen LogP contribution in [-0.4, -0.2) is 70.7 Å². The molecular weight excluding hydrogens is 403 g/mol. The molecule has 30 heavy (non-hydrogen) atoms. The maximum Gasteiger partial charge on any atom is 0.405 e. The van der Waals surface area contributed by atoms with Gasteiger partial charge in [0.15, 0.2) is 5.65 Å². The molecular formula is C19H22F3N5O3. The van der Waals surface area contributed by atoms with E-state index in [9.17, 15) is 22.8 Å². The second-order valence-electron chi connectivity index (χ2n) is 7.07. The summed E-state index contributed by atoms with van der Waals surface area (Å²) in [5.41, 5.74) is 1.10. The fourth-order valence-electron chi connectivity index (χ4n) is 3.54. The Kier molecular flexibility index (Phi) is 6.40. The number of aromatic nitrogens is 3. The van der Waals surface area contributed by atoms with Gasteiger partial charge < -0.3 is 19.9 Å². The first-order valence-corrected chi connectivity index (χ1v) is 9.34. The van der Waals surface area contributed by atoms with Crippen molar-refractivity contribution >= 4 is 23.0 Å². The van der Waals surface area contributed by atoms with E-state index in [4.69, 9.17) is 4.74 Å². The summed E-state index contributed by atoms with van der Waals surface area (Å²) in [7, 11) is 1.57. The zero-order chi connectivity index (χ0) is 21.9. The van der Waals surface area contributed by atoms with E-state index in [0.29, 0.717) is 37.3 Å². The number of rotatable bonds is 6. The van der Waals surface area contributed by atoms with Gasteiger partial charge in [0.2, 0.25) is 5.91 Å². The van der Waals surface area contributed by atoms with Gasteiger partial charge in [0.25, 0.3) is 5.91 Å². The fraction of sp³-hybridized carbons (Fsp3) is 0.474. The molecule has 2 N–H and O–H groups in total. The van der Waals surface area contributed by atoms with Gasteiger partial charge in [-0.15, -0.1) is 0 Å². The molecule has 2 atom stereocenters. The molecule has 162 valence electrons. The number of halogens is 3. The minimum atomic E-state index is -4.50. The number of H-pyrrole nitrogens is 1. The van der Waals surface area contributed by atoms with Gasteiger partial charge in [-0.3, -0.25) is 9.59 Å². The number of aromatic amines is 1. The van der Waals surface area contributed by atoms with Crippen LogP contribution in [0.4, 0.5) is 13.2 Å². The van der Waals surface area contributed by atoms with Crippen LogP contribution in [0.15, 0.2) is 25.0 Å². The average Bonchev–Trinajstić information content (AvgIpc) is 3.14. The molecule has 11 heteroatoms. The number of likely N-dealkylation sites (tertiary alicyclic amines) is 1. The van der Waals surface area contributed by atoms with Gasteiger partial charge in [0, 0.05) is 26.4 Å². The van der Waals surface area contributed by atoms with Crippen molar-refractivity contribution in [1.82, 2.24) is 25.2 Å². The van der Waals surface area contributed by atoms with E-state index in [2.05, 4.69) is 21.5 Å². The molecule has 1 saturated heterocycles. The number of nitrogens with zero attached hydrogens (tertiary/aromatic N) is 3. The average molecular weight is 425 g/mol. The third kappa shape index (κ3) is 4.96. The van der Waals surface area contributed by atoms with Crippen LogP contribution in [0.3, 0.4) is 0 Å². The molecule has 1 aliphatic heterocycles. The van der Waals surface area contributed by atoms with Crippen LogP contribution < -0.4 is 5.32 Å². The van der Waals surface area contributed by atoms with Gasteiger partial charge in [0.05, 0.1) is 23.6 Å². The highest BCUT2D eigenvalue weighted by Gasteiger charge is 2.32. The number of carbonyl (C=O) groups is 2. The molecule has 3 rings (SSSR count). The predicted octanol–water partition coefficient (Wildman–Crippen LogP) is 1.84. The highest BCUT2D eigenvalue weighted by molar-refractivity contribution is 6.04. The molecule has 0 unspecified atom stereocenters. The van der Waals surface area contributed by atoms with Crippen LogP contribution in [0.5, 0.6) is 0 Å². The highest BCUT2D eigenvalue weighted by atomic mass is 19.4. The summed E-state index contributed by atoms with van der Waals surface area (Å²) in [6.07, 6.45) is 0.581. The van der Waals surface area contributed by atoms with Crippen molar-refractivity contribution in [2.75, 3.05) is 26.7 Å². The monoisotopic (exact) mass is 425 g/mol. The largest absolute Gasteiger partial charge is 0.405 e. The summed E-state index contributed by atoms with van der Waals surface area (Å²) < 4.78 is 42.7. The SMILES string of the molecule is C=CC(=O)N1CC[C@@H](Cc2cnc3[nH]cc(C(=O)NCC(F)(F)F)c3n2)[C@@H](OC)C1. The van der Waals surface area contributed by atoms with E-state index < -0.39 is 18.6 Å². The molecule has 3 heterocycles. The fourth-order valence-corrected chi connectivity index (χ4v) is 3.54. The molecule has 2 amide bonds. The predicted molar refractivity (Wildman–Crippen MR) is 102 cm³/mol. The third-order valence-electron chi connectivity index (χ3n) is 5.08. The van der Waals surface area contributed by atoms with Crippen molar-refractivity contribution in [3.63, 3.8) is 0 Å². The van der Waals surface area contributed by atoms with Crippen LogP contribution >= 0.6 is 0 Å². The van der Waals surface area contributed by atoms with E-state index in [-0.39, 0.29) is 29.0 Å². The molecule has 1 aliphatic rings. The van der Waals surface area contributed by atoms with Gasteiger partial charge in [-0.05, 0) is 24.8 Å². The van der Waals surface area contributed by atoms with Crippen LogP contribution in [0, 0.1) is 5.92 Å². The molecule has 0 radical (unpaired) electrons. The Balaban J connectivity index is 1.75. The molecule has 1 fully saturated rings. The summed E-state index contributed by atoms with van der Waals surface area (Å²) in [6, 6.07) is 0. The first-order chi connectivity index (χ1) is 14.2. The van der Waals surface area contributed by atoms with E-state index in [1.807, 2.05) is 5.32 Å². The Morgan fingerprint density at radius 1 is 1.47 bits per heavy atom. The molecule has 8 nitrogen and oxygen atoms in total. The standard InChI is InChI=1S/C19H22F3N5O3/c1-3-15(28)27-5-4-11(14(9-27)30-2)6-12-7-23-17-16(26-12)13(8-24-17)18(29)25-10-19(20,21)22/h3,7-8,11,14H,1,4-6,9-10H2,2H3,(H,23,24)(H,25,29)/t11-,14-/m0/s1.